The number of rotatable bonds is 8. The van der Waals surface area contributed by atoms with Gasteiger partial charge >= 0.3 is 11.9 Å². The molecule has 14 heteroatoms. The van der Waals surface area contributed by atoms with Crippen LogP contribution in [0.25, 0.3) is 0 Å². The normalized spacial score (nSPS) is 21.6. The number of halogens is 2. The lowest BCUT2D eigenvalue weighted by molar-refractivity contribution is -0.227. The minimum Gasteiger partial charge on any atom is -0.449 e. The van der Waals surface area contributed by atoms with Crippen molar-refractivity contribution in [2.45, 2.75) is 24.4 Å². The number of ether oxygens (including phenoxy) is 4. The summed E-state index contributed by atoms with van der Waals surface area (Å²) in [5.74, 6) is -6.33. The maximum atomic E-state index is 13.5. The fourth-order valence-electron chi connectivity index (χ4n) is 4.94. The maximum absolute atomic E-state index is 13.5. The Morgan fingerprint density at radius 2 is 1.11 bits per heavy atom. The highest BCUT2D eigenvalue weighted by Gasteiger charge is 2.48. The second-order valence-electron chi connectivity index (χ2n) is 11.5. The number of fused-ring (bicyclic) bond motifs is 2. The van der Waals surface area contributed by atoms with Gasteiger partial charge in [-0.15, -0.1) is 0 Å². The van der Waals surface area contributed by atoms with Crippen molar-refractivity contribution in [3.05, 3.63) is 56.5 Å². The molecule has 0 fully saturated rings. The van der Waals surface area contributed by atoms with Gasteiger partial charge in [-0.05, 0) is 64.6 Å². The summed E-state index contributed by atoms with van der Waals surface area (Å²) < 4.78 is 25.5. The average Bonchev–Trinajstić information content (AvgIpc) is 3.11. The van der Waals surface area contributed by atoms with E-state index in [4.69, 9.17) is 18.9 Å². The van der Waals surface area contributed by atoms with Gasteiger partial charge in [0, 0.05) is 49.0 Å². The Balaban J connectivity index is 1.66. The van der Waals surface area contributed by atoms with Gasteiger partial charge in [-0.3, -0.25) is 9.59 Å². The van der Waals surface area contributed by atoms with Crippen LogP contribution in [0.5, 0.6) is 11.5 Å². The molecule has 0 bridgehead atoms. The van der Waals surface area contributed by atoms with Gasteiger partial charge in [0.15, 0.2) is 0 Å². The van der Waals surface area contributed by atoms with Crippen LogP contribution in [0, 0.1) is 0 Å². The Labute approximate surface area is 273 Å². The van der Waals surface area contributed by atoms with Crippen molar-refractivity contribution in [2.75, 3.05) is 68.5 Å². The van der Waals surface area contributed by atoms with Crippen molar-refractivity contribution in [3.8, 4) is 11.5 Å². The van der Waals surface area contributed by atoms with E-state index in [-0.39, 0.29) is 60.4 Å². The molecule has 2 aromatic carbocycles. The highest BCUT2D eigenvalue weighted by atomic mass is 79.9. The number of carbonyl (C=O) groups is 4. The Morgan fingerprint density at radius 3 is 1.45 bits per heavy atom. The van der Waals surface area contributed by atoms with E-state index in [1.165, 1.54) is 9.80 Å². The first-order chi connectivity index (χ1) is 20.6. The van der Waals surface area contributed by atoms with Crippen LogP contribution in [0.3, 0.4) is 0 Å². The van der Waals surface area contributed by atoms with E-state index in [0.29, 0.717) is 22.0 Å². The monoisotopic (exact) mass is 738 g/mol. The largest absolute Gasteiger partial charge is 0.449 e. The predicted octanol–water partition coefficient (Wildman–Crippen LogP) is 3.22. The van der Waals surface area contributed by atoms with Gasteiger partial charge in [0.25, 0.3) is 23.4 Å². The van der Waals surface area contributed by atoms with Gasteiger partial charge in [-0.2, -0.15) is 0 Å². The number of nitrogens with zero attached hydrogens (tertiary/aromatic N) is 4. The molecule has 4 rings (SSSR count). The second kappa shape index (κ2) is 13.4. The molecule has 2 aromatic rings. The number of likely N-dealkylation sites (N-methyl/N-ethyl adjacent to an activating group) is 2. The third-order valence-electron chi connectivity index (χ3n) is 7.19. The molecule has 238 valence electrons. The second-order valence-corrected chi connectivity index (χ2v) is 13.3. The molecule has 0 aliphatic carbocycles. The molecule has 0 spiro atoms. The van der Waals surface area contributed by atoms with Crippen LogP contribution in [0.1, 0.15) is 33.6 Å². The van der Waals surface area contributed by atoms with Gasteiger partial charge in [-0.25, -0.2) is 9.59 Å². The quantitative estimate of drug-likeness (QED) is 0.295. The molecule has 12 nitrogen and oxygen atoms in total. The molecule has 44 heavy (non-hydrogen) atoms. The summed E-state index contributed by atoms with van der Waals surface area (Å²) in [6.07, 6.45) is 0.266. The van der Waals surface area contributed by atoms with Gasteiger partial charge in [-0.1, -0.05) is 31.9 Å². The third kappa shape index (κ3) is 7.71. The van der Waals surface area contributed by atoms with Gasteiger partial charge in [0.1, 0.15) is 11.5 Å². The fraction of sp³-hybridized carbons (Fsp3) is 0.467. The van der Waals surface area contributed by atoms with Crippen LogP contribution in [-0.4, -0.2) is 123 Å². The van der Waals surface area contributed by atoms with Crippen molar-refractivity contribution < 1.29 is 38.1 Å². The highest BCUT2D eigenvalue weighted by molar-refractivity contribution is 9.10. The number of amides is 2. The highest BCUT2D eigenvalue weighted by Crippen LogP contribution is 2.36. The first-order valence-electron chi connectivity index (χ1n) is 13.9. The SMILES string of the molecule is CN(C)CCC1(OC(=O)C(=O)OC2(CCN(C)C)CN(C)C(=O)c3cc(Br)ccc3O2)CN(C)C(=O)c2cc(Br)ccc2O1. The Morgan fingerprint density at radius 1 is 0.750 bits per heavy atom. The fourth-order valence-corrected chi connectivity index (χ4v) is 5.66. The van der Waals surface area contributed by atoms with Crippen LogP contribution in [0.4, 0.5) is 0 Å². The first-order valence-corrected chi connectivity index (χ1v) is 15.4. The topological polar surface area (TPSA) is 118 Å². The Bertz CT molecular complexity index is 1350. The van der Waals surface area contributed by atoms with Crippen LogP contribution in [0.15, 0.2) is 45.3 Å². The molecule has 2 atom stereocenters. The minimum absolute atomic E-state index is 0.133. The minimum atomic E-state index is -1.71. The van der Waals surface area contributed by atoms with Crippen LogP contribution >= 0.6 is 31.9 Å². The zero-order valence-electron chi connectivity index (χ0n) is 25.5. The van der Waals surface area contributed by atoms with E-state index in [2.05, 4.69) is 31.9 Å². The summed E-state index contributed by atoms with van der Waals surface area (Å²) in [5.41, 5.74) is 0.555. The van der Waals surface area contributed by atoms with E-state index in [9.17, 15) is 19.2 Å². The Kier molecular flexibility index (Phi) is 10.3. The predicted molar refractivity (Wildman–Crippen MR) is 167 cm³/mol. The van der Waals surface area contributed by atoms with E-state index >= 15 is 0 Å². The summed E-state index contributed by atoms with van der Waals surface area (Å²) in [7, 11) is 10.5. The van der Waals surface area contributed by atoms with Gasteiger partial charge in [0.2, 0.25) is 0 Å². The summed E-state index contributed by atoms with van der Waals surface area (Å²) in [6, 6.07) is 9.86. The zero-order valence-corrected chi connectivity index (χ0v) is 28.7. The summed E-state index contributed by atoms with van der Waals surface area (Å²) in [6.45, 7) is 0.524. The van der Waals surface area contributed by atoms with Crippen LogP contribution in [0.2, 0.25) is 0 Å². The molecule has 2 amide bonds. The van der Waals surface area contributed by atoms with Crippen LogP contribution < -0.4 is 9.47 Å². The summed E-state index contributed by atoms with van der Waals surface area (Å²) >= 11 is 6.76. The van der Waals surface area contributed by atoms with E-state index in [0.717, 1.165) is 0 Å². The zero-order chi connectivity index (χ0) is 32.4. The first kappa shape index (κ1) is 33.7. The number of carbonyl (C=O) groups excluding carboxylic acids is 4. The lowest BCUT2D eigenvalue weighted by Crippen LogP contribution is -2.54. The molecular weight excluding hydrogens is 704 g/mol. The summed E-state index contributed by atoms with van der Waals surface area (Å²) in [5, 5.41) is 0. The molecule has 2 unspecified atom stereocenters. The lowest BCUT2D eigenvalue weighted by atomic mass is 10.1. The van der Waals surface area contributed by atoms with E-state index in [1.807, 2.05) is 38.0 Å². The third-order valence-corrected chi connectivity index (χ3v) is 8.18. The van der Waals surface area contributed by atoms with Crippen molar-refractivity contribution in [2.24, 2.45) is 0 Å². The molecule has 0 aromatic heterocycles. The molecular formula is C30H36Br2N4O8. The molecule has 0 N–H and O–H groups in total. The standard InChI is InChI=1S/C30H36Br2N4O8/c1-33(2)13-11-29(17-35(5)25(37)21-15-19(31)7-9-23(21)41-29)43-27(39)28(40)44-30(12-14-34(3)4)18-36(6)26(38)22-16-20(32)8-10-24(22)42-30/h7-10,15-16H,11-14,17-18H2,1-6H3. The number of hydrogen-bond acceptors (Lipinski definition) is 10. The summed E-state index contributed by atoms with van der Waals surface area (Å²) in [4.78, 5) is 60.0. The van der Waals surface area contributed by atoms with Crippen molar-refractivity contribution in [1.82, 2.24) is 19.6 Å². The number of benzene rings is 2. The maximum Gasteiger partial charge on any atom is 0.420 e. The number of hydrogen-bond donors (Lipinski definition) is 0. The molecule has 0 saturated carbocycles. The lowest BCUT2D eigenvalue weighted by Gasteiger charge is -2.36. The van der Waals surface area contributed by atoms with E-state index < -0.39 is 23.5 Å². The average molecular weight is 740 g/mol. The molecule has 2 aliphatic rings. The molecule has 2 heterocycles. The van der Waals surface area contributed by atoms with Crippen LogP contribution in [-0.2, 0) is 19.1 Å². The smallest absolute Gasteiger partial charge is 0.420 e. The van der Waals surface area contributed by atoms with Crippen molar-refractivity contribution in [3.63, 3.8) is 0 Å². The van der Waals surface area contributed by atoms with Gasteiger partial charge < -0.3 is 38.5 Å². The Hall–Kier alpha value is -3.20. The van der Waals surface area contributed by atoms with E-state index in [1.54, 1.807) is 50.5 Å². The molecule has 0 radical (unpaired) electrons. The molecule has 0 saturated heterocycles. The molecule has 2 aliphatic heterocycles. The number of esters is 2. The van der Waals surface area contributed by atoms with Crippen molar-refractivity contribution >= 4 is 55.6 Å². The van der Waals surface area contributed by atoms with Crippen molar-refractivity contribution in [1.29, 1.82) is 0 Å². The van der Waals surface area contributed by atoms with Gasteiger partial charge in [0.05, 0.1) is 24.2 Å².